The van der Waals surface area contributed by atoms with Gasteiger partial charge in [0.2, 0.25) is 5.91 Å². The van der Waals surface area contributed by atoms with Crippen LogP contribution < -0.4 is 11.1 Å². The molecule has 2 aromatic rings. The quantitative estimate of drug-likeness (QED) is 0.841. The average Bonchev–Trinajstić information content (AvgIpc) is 3.25. The van der Waals surface area contributed by atoms with Crippen LogP contribution in [0.5, 0.6) is 0 Å². The molecule has 0 bridgehead atoms. The summed E-state index contributed by atoms with van der Waals surface area (Å²) in [6.45, 7) is 1.75. The van der Waals surface area contributed by atoms with E-state index in [4.69, 9.17) is 5.73 Å². The number of thiophene rings is 2. The molecule has 3 rings (SSSR count). The second-order valence-corrected chi connectivity index (χ2v) is 7.27. The van der Waals surface area contributed by atoms with Crippen LogP contribution in [0.25, 0.3) is 0 Å². The van der Waals surface area contributed by atoms with Crippen molar-refractivity contribution in [1.82, 2.24) is 4.90 Å². The minimum atomic E-state index is -0.515. The molecule has 1 aliphatic heterocycles. The molecule has 3 N–H and O–H groups in total. The van der Waals surface area contributed by atoms with Gasteiger partial charge in [-0.05, 0) is 53.2 Å². The predicted molar refractivity (Wildman–Crippen MR) is 94.0 cm³/mol. The van der Waals surface area contributed by atoms with Crippen LogP contribution in [0.3, 0.4) is 0 Å². The zero-order valence-electron chi connectivity index (χ0n) is 12.7. The van der Waals surface area contributed by atoms with Crippen LogP contribution in [0.2, 0.25) is 0 Å². The molecule has 2 aromatic heterocycles. The molecule has 0 aliphatic carbocycles. The van der Waals surface area contributed by atoms with E-state index in [1.165, 1.54) is 23.3 Å². The van der Waals surface area contributed by atoms with E-state index in [2.05, 4.69) is 27.0 Å². The van der Waals surface area contributed by atoms with Crippen molar-refractivity contribution in [1.29, 1.82) is 0 Å². The van der Waals surface area contributed by atoms with Crippen molar-refractivity contribution in [2.24, 2.45) is 5.73 Å². The van der Waals surface area contributed by atoms with Gasteiger partial charge in [-0.2, -0.15) is 11.3 Å². The fourth-order valence-corrected chi connectivity index (χ4v) is 4.49. The van der Waals surface area contributed by atoms with Crippen LogP contribution in [0.15, 0.2) is 28.3 Å². The Bertz CT molecular complexity index is 681. The minimum absolute atomic E-state index is 0.0779. The van der Waals surface area contributed by atoms with Gasteiger partial charge in [-0.15, -0.1) is 11.3 Å². The lowest BCUT2D eigenvalue weighted by Crippen LogP contribution is -2.27. The number of nitrogens with zero attached hydrogens (tertiary/aromatic N) is 1. The normalized spacial score (nSPS) is 18.2. The van der Waals surface area contributed by atoms with E-state index in [0.29, 0.717) is 23.0 Å². The fourth-order valence-electron chi connectivity index (χ4n) is 2.97. The molecule has 1 saturated heterocycles. The summed E-state index contributed by atoms with van der Waals surface area (Å²) in [7, 11) is 0. The molecule has 2 amide bonds. The standard InChI is InChI=1S/C16H19N3O2S2/c17-15(21)12-5-9-23-16(12)18-14(20)3-7-19-6-1-2-13(19)11-4-8-22-10-11/h4-5,8-10,13H,1-3,6-7H2,(H2,17,21)(H,18,20)/t13-/m0/s1. The van der Waals surface area contributed by atoms with Gasteiger partial charge in [0.1, 0.15) is 5.00 Å². The van der Waals surface area contributed by atoms with Crippen molar-refractivity contribution in [3.05, 3.63) is 39.4 Å². The zero-order valence-corrected chi connectivity index (χ0v) is 14.3. The van der Waals surface area contributed by atoms with Gasteiger partial charge in [-0.3, -0.25) is 14.5 Å². The van der Waals surface area contributed by atoms with E-state index in [1.807, 2.05) is 0 Å². The molecule has 1 atom stereocenters. The highest BCUT2D eigenvalue weighted by Crippen LogP contribution is 2.33. The summed E-state index contributed by atoms with van der Waals surface area (Å²) in [5.41, 5.74) is 7.01. The summed E-state index contributed by atoms with van der Waals surface area (Å²) in [5, 5.41) is 9.38. The van der Waals surface area contributed by atoms with Crippen LogP contribution in [0.1, 0.15) is 41.2 Å². The maximum absolute atomic E-state index is 12.2. The first-order chi connectivity index (χ1) is 11.1. The summed E-state index contributed by atoms with van der Waals surface area (Å²) < 4.78 is 0. The number of nitrogens with one attached hydrogen (secondary N) is 1. The van der Waals surface area contributed by atoms with E-state index in [0.717, 1.165) is 19.5 Å². The lowest BCUT2D eigenvalue weighted by atomic mass is 10.1. The Morgan fingerprint density at radius 1 is 1.35 bits per heavy atom. The third kappa shape index (κ3) is 3.80. The summed E-state index contributed by atoms with van der Waals surface area (Å²) >= 11 is 3.03. The second kappa shape index (κ2) is 7.25. The molecular formula is C16H19N3O2S2. The van der Waals surface area contributed by atoms with Crippen molar-refractivity contribution in [2.45, 2.75) is 25.3 Å². The summed E-state index contributed by atoms with van der Waals surface area (Å²) in [6, 6.07) is 4.23. The van der Waals surface area contributed by atoms with Crippen molar-refractivity contribution in [3.8, 4) is 0 Å². The molecule has 0 spiro atoms. The SMILES string of the molecule is NC(=O)c1ccsc1NC(=O)CCN1CCC[C@H]1c1ccsc1. The zero-order chi connectivity index (χ0) is 16.2. The molecule has 0 unspecified atom stereocenters. The van der Waals surface area contributed by atoms with Gasteiger partial charge in [0, 0.05) is 19.0 Å². The summed E-state index contributed by atoms with van der Waals surface area (Å²) in [4.78, 5) is 25.8. The largest absolute Gasteiger partial charge is 0.366 e. The number of hydrogen-bond donors (Lipinski definition) is 2. The number of anilines is 1. The topological polar surface area (TPSA) is 75.4 Å². The molecule has 0 aromatic carbocycles. The Hall–Kier alpha value is -1.70. The predicted octanol–water partition coefficient (Wildman–Crippen LogP) is 3.07. The summed E-state index contributed by atoms with van der Waals surface area (Å²) in [5.74, 6) is -0.593. The van der Waals surface area contributed by atoms with Crippen LogP contribution in [-0.4, -0.2) is 29.8 Å². The summed E-state index contributed by atoms with van der Waals surface area (Å²) in [6.07, 6.45) is 2.73. The molecule has 1 fully saturated rings. The van der Waals surface area contributed by atoms with Gasteiger partial charge in [0.15, 0.2) is 0 Å². The van der Waals surface area contributed by atoms with Crippen molar-refractivity contribution < 1.29 is 9.59 Å². The number of primary amides is 1. The Morgan fingerprint density at radius 3 is 2.96 bits per heavy atom. The Balaban J connectivity index is 1.54. The van der Waals surface area contributed by atoms with Crippen LogP contribution >= 0.6 is 22.7 Å². The Kier molecular flexibility index (Phi) is 5.09. The van der Waals surface area contributed by atoms with E-state index < -0.39 is 5.91 Å². The first-order valence-corrected chi connectivity index (χ1v) is 9.40. The monoisotopic (exact) mass is 349 g/mol. The lowest BCUT2D eigenvalue weighted by molar-refractivity contribution is -0.116. The van der Waals surface area contributed by atoms with Gasteiger partial charge in [0.25, 0.3) is 5.91 Å². The highest BCUT2D eigenvalue weighted by Gasteiger charge is 2.26. The van der Waals surface area contributed by atoms with Crippen LogP contribution in [-0.2, 0) is 4.79 Å². The number of likely N-dealkylation sites (tertiary alicyclic amines) is 1. The van der Waals surface area contributed by atoms with Gasteiger partial charge in [0.05, 0.1) is 5.56 Å². The maximum atomic E-state index is 12.2. The molecule has 0 saturated carbocycles. The first-order valence-electron chi connectivity index (χ1n) is 7.58. The molecule has 3 heterocycles. The van der Waals surface area contributed by atoms with Gasteiger partial charge in [-0.25, -0.2) is 0 Å². The van der Waals surface area contributed by atoms with Crippen molar-refractivity contribution in [2.75, 3.05) is 18.4 Å². The third-order valence-corrected chi connectivity index (χ3v) is 5.63. The highest BCUT2D eigenvalue weighted by molar-refractivity contribution is 7.14. The van der Waals surface area contributed by atoms with E-state index >= 15 is 0 Å². The smallest absolute Gasteiger partial charge is 0.251 e. The van der Waals surface area contributed by atoms with E-state index in [1.54, 1.807) is 22.8 Å². The van der Waals surface area contributed by atoms with Gasteiger partial charge < -0.3 is 11.1 Å². The average molecular weight is 349 g/mol. The third-order valence-electron chi connectivity index (χ3n) is 4.10. The molecule has 23 heavy (non-hydrogen) atoms. The van der Waals surface area contributed by atoms with Crippen molar-refractivity contribution >= 4 is 39.5 Å². The number of hydrogen-bond acceptors (Lipinski definition) is 5. The van der Waals surface area contributed by atoms with Crippen LogP contribution in [0.4, 0.5) is 5.00 Å². The van der Waals surface area contributed by atoms with Crippen molar-refractivity contribution in [3.63, 3.8) is 0 Å². The van der Waals surface area contributed by atoms with Gasteiger partial charge in [-0.1, -0.05) is 0 Å². The molecule has 1 aliphatic rings. The Labute approximate surface area is 143 Å². The molecular weight excluding hydrogens is 330 g/mol. The van der Waals surface area contributed by atoms with Crippen LogP contribution in [0, 0.1) is 0 Å². The number of rotatable bonds is 6. The molecule has 7 heteroatoms. The molecule has 122 valence electrons. The van der Waals surface area contributed by atoms with Gasteiger partial charge >= 0.3 is 0 Å². The highest BCUT2D eigenvalue weighted by atomic mass is 32.1. The first kappa shape index (κ1) is 16.2. The second-order valence-electron chi connectivity index (χ2n) is 5.58. The molecule has 5 nitrogen and oxygen atoms in total. The number of nitrogens with two attached hydrogens (primary N) is 1. The molecule has 0 radical (unpaired) electrons. The Morgan fingerprint density at radius 2 is 2.22 bits per heavy atom. The maximum Gasteiger partial charge on any atom is 0.251 e. The number of amides is 2. The van der Waals surface area contributed by atoms with E-state index in [9.17, 15) is 9.59 Å². The number of carbonyl (C=O) groups is 2. The minimum Gasteiger partial charge on any atom is -0.366 e. The number of carbonyl (C=O) groups excluding carboxylic acids is 2. The fraction of sp³-hybridized carbons (Fsp3) is 0.375. The lowest BCUT2D eigenvalue weighted by Gasteiger charge is -2.23. The van der Waals surface area contributed by atoms with E-state index in [-0.39, 0.29) is 5.91 Å².